The van der Waals surface area contributed by atoms with Crippen molar-refractivity contribution in [3.05, 3.63) is 54.1 Å². The standard InChI is InChI=1S/C13H11N3O/c17-13(15-9-12-8-14-10-16-12)7-6-11-4-2-1-3-5-11/h1-5,8,10H,9H2,(H,14,16)(H,15,17). The fraction of sp³-hybridized carbons (Fsp3) is 0.0769. The Kier molecular flexibility index (Phi) is 3.56. The molecule has 2 aromatic rings. The van der Waals surface area contributed by atoms with Gasteiger partial charge in [-0.15, -0.1) is 0 Å². The van der Waals surface area contributed by atoms with Gasteiger partial charge in [0.25, 0.3) is 5.91 Å². The second-order valence-electron chi connectivity index (χ2n) is 3.38. The first-order valence-corrected chi connectivity index (χ1v) is 5.17. The molecule has 0 fully saturated rings. The normalized spacial score (nSPS) is 9.18. The molecule has 0 saturated carbocycles. The zero-order valence-corrected chi connectivity index (χ0v) is 9.10. The minimum atomic E-state index is -0.302. The van der Waals surface area contributed by atoms with Crippen LogP contribution in [0.4, 0.5) is 0 Å². The first kappa shape index (κ1) is 11.0. The molecule has 0 atom stereocenters. The molecule has 0 spiro atoms. The minimum Gasteiger partial charge on any atom is -0.347 e. The molecule has 1 aromatic heterocycles. The molecule has 84 valence electrons. The average molecular weight is 225 g/mol. The number of nitrogens with one attached hydrogen (secondary N) is 2. The second-order valence-corrected chi connectivity index (χ2v) is 3.38. The average Bonchev–Trinajstić information content (AvgIpc) is 2.88. The van der Waals surface area contributed by atoms with Gasteiger partial charge in [0, 0.05) is 17.7 Å². The topological polar surface area (TPSA) is 57.8 Å². The van der Waals surface area contributed by atoms with Gasteiger partial charge in [0.05, 0.1) is 18.6 Å². The van der Waals surface area contributed by atoms with E-state index in [4.69, 9.17) is 0 Å². The van der Waals surface area contributed by atoms with Gasteiger partial charge >= 0.3 is 0 Å². The molecular formula is C13H11N3O. The van der Waals surface area contributed by atoms with E-state index < -0.39 is 0 Å². The number of hydrogen-bond acceptors (Lipinski definition) is 2. The maximum absolute atomic E-state index is 11.4. The number of benzene rings is 1. The summed E-state index contributed by atoms with van der Waals surface area (Å²) in [7, 11) is 0. The smallest absolute Gasteiger partial charge is 0.296 e. The number of H-pyrrole nitrogens is 1. The lowest BCUT2D eigenvalue weighted by molar-refractivity contribution is -0.115. The Bertz CT molecular complexity index is 535. The number of carbonyl (C=O) groups excluding carboxylic acids is 1. The molecular weight excluding hydrogens is 214 g/mol. The van der Waals surface area contributed by atoms with E-state index in [1.165, 1.54) is 0 Å². The summed E-state index contributed by atoms with van der Waals surface area (Å²) in [5.74, 6) is 5.01. The lowest BCUT2D eigenvalue weighted by Gasteiger charge is -1.96. The Morgan fingerprint density at radius 3 is 2.88 bits per heavy atom. The van der Waals surface area contributed by atoms with Crippen molar-refractivity contribution in [1.82, 2.24) is 15.3 Å². The molecule has 0 bridgehead atoms. The number of amides is 1. The SMILES string of the molecule is O=C(C#Cc1ccccc1)NCc1cnc[nH]1. The molecule has 2 rings (SSSR count). The summed E-state index contributed by atoms with van der Waals surface area (Å²) in [5, 5.41) is 2.67. The maximum atomic E-state index is 11.4. The molecule has 4 heteroatoms. The van der Waals surface area contributed by atoms with Crippen LogP contribution in [0.25, 0.3) is 0 Å². The summed E-state index contributed by atoms with van der Waals surface area (Å²) in [4.78, 5) is 18.1. The number of nitrogens with zero attached hydrogens (tertiary/aromatic N) is 1. The molecule has 17 heavy (non-hydrogen) atoms. The van der Waals surface area contributed by atoms with Crippen LogP contribution in [0.5, 0.6) is 0 Å². The fourth-order valence-electron chi connectivity index (χ4n) is 1.25. The zero-order chi connectivity index (χ0) is 11.9. The summed E-state index contributed by atoms with van der Waals surface area (Å²) in [6.45, 7) is 0.405. The van der Waals surface area contributed by atoms with Gasteiger partial charge in [-0.2, -0.15) is 0 Å². The van der Waals surface area contributed by atoms with Crippen LogP contribution >= 0.6 is 0 Å². The minimum absolute atomic E-state index is 0.302. The van der Waals surface area contributed by atoms with Gasteiger partial charge in [-0.05, 0) is 12.1 Å². The molecule has 0 saturated heterocycles. The Hall–Kier alpha value is -2.54. The van der Waals surface area contributed by atoms with Crippen LogP contribution in [-0.2, 0) is 11.3 Å². The molecule has 0 aliphatic heterocycles. The fourth-order valence-corrected chi connectivity index (χ4v) is 1.25. The van der Waals surface area contributed by atoms with Crippen molar-refractivity contribution in [2.45, 2.75) is 6.54 Å². The number of hydrogen-bond donors (Lipinski definition) is 2. The summed E-state index contributed by atoms with van der Waals surface area (Å²) < 4.78 is 0. The highest BCUT2D eigenvalue weighted by atomic mass is 16.1. The summed E-state index contributed by atoms with van der Waals surface area (Å²) in [6, 6.07) is 9.38. The van der Waals surface area contributed by atoms with Crippen molar-refractivity contribution in [3.8, 4) is 11.8 Å². The highest BCUT2D eigenvalue weighted by Crippen LogP contribution is 1.94. The highest BCUT2D eigenvalue weighted by Gasteiger charge is 1.96. The number of aromatic amines is 1. The first-order chi connectivity index (χ1) is 8.34. The summed E-state index contributed by atoms with van der Waals surface area (Å²) in [5.41, 5.74) is 1.67. The second kappa shape index (κ2) is 5.52. The van der Waals surface area contributed by atoms with E-state index in [-0.39, 0.29) is 5.91 Å². The van der Waals surface area contributed by atoms with Gasteiger partial charge in [-0.1, -0.05) is 24.1 Å². The van der Waals surface area contributed by atoms with Gasteiger partial charge in [-0.3, -0.25) is 4.79 Å². The van der Waals surface area contributed by atoms with Crippen LogP contribution in [0.2, 0.25) is 0 Å². The number of carbonyl (C=O) groups is 1. The highest BCUT2D eigenvalue weighted by molar-refractivity contribution is 5.93. The van der Waals surface area contributed by atoms with Crippen molar-refractivity contribution < 1.29 is 4.79 Å². The van der Waals surface area contributed by atoms with Crippen LogP contribution in [0.1, 0.15) is 11.3 Å². The molecule has 4 nitrogen and oxygen atoms in total. The molecule has 1 amide bonds. The van der Waals surface area contributed by atoms with Crippen LogP contribution in [0.3, 0.4) is 0 Å². The third-order valence-electron chi connectivity index (χ3n) is 2.09. The van der Waals surface area contributed by atoms with E-state index in [2.05, 4.69) is 27.1 Å². The largest absolute Gasteiger partial charge is 0.347 e. The van der Waals surface area contributed by atoms with Crippen molar-refractivity contribution >= 4 is 5.91 Å². The van der Waals surface area contributed by atoms with E-state index in [0.29, 0.717) is 6.54 Å². The van der Waals surface area contributed by atoms with Gasteiger partial charge < -0.3 is 10.3 Å². The van der Waals surface area contributed by atoms with Gasteiger partial charge in [0.1, 0.15) is 0 Å². The van der Waals surface area contributed by atoms with Crippen LogP contribution < -0.4 is 5.32 Å². The van der Waals surface area contributed by atoms with Crippen molar-refractivity contribution in [2.75, 3.05) is 0 Å². The van der Waals surface area contributed by atoms with E-state index in [9.17, 15) is 4.79 Å². The summed E-state index contributed by atoms with van der Waals surface area (Å²) >= 11 is 0. The first-order valence-electron chi connectivity index (χ1n) is 5.17. The lowest BCUT2D eigenvalue weighted by Crippen LogP contribution is -2.20. The Labute approximate surface area is 99.1 Å². The predicted molar refractivity (Wildman–Crippen MR) is 63.8 cm³/mol. The molecule has 2 N–H and O–H groups in total. The van der Waals surface area contributed by atoms with E-state index in [1.54, 1.807) is 12.5 Å². The van der Waals surface area contributed by atoms with Crippen molar-refractivity contribution in [1.29, 1.82) is 0 Å². The van der Waals surface area contributed by atoms with Crippen LogP contribution in [-0.4, -0.2) is 15.9 Å². The van der Waals surface area contributed by atoms with E-state index in [0.717, 1.165) is 11.3 Å². The lowest BCUT2D eigenvalue weighted by atomic mass is 10.2. The van der Waals surface area contributed by atoms with E-state index >= 15 is 0 Å². The Morgan fingerprint density at radius 2 is 2.18 bits per heavy atom. The monoisotopic (exact) mass is 225 g/mol. The Balaban J connectivity index is 1.88. The number of imidazole rings is 1. The van der Waals surface area contributed by atoms with E-state index in [1.807, 2.05) is 30.3 Å². The van der Waals surface area contributed by atoms with Crippen LogP contribution in [0, 0.1) is 11.8 Å². The number of rotatable bonds is 2. The Morgan fingerprint density at radius 1 is 1.35 bits per heavy atom. The molecule has 0 unspecified atom stereocenters. The third kappa shape index (κ3) is 3.50. The summed E-state index contributed by atoms with van der Waals surface area (Å²) in [6.07, 6.45) is 3.22. The maximum Gasteiger partial charge on any atom is 0.296 e. The molecule has 1 heterocycles. The van der Waals surface area contributed by atoms with Crippen molar-refractivity contribution in [2.24, 2.45) is 0 Å². The molecule has 0 radical (unpaired) electrons. The predicted octanol–water partition coefficient (Wildman–Crippen LogP) is 1.08. The van der Waals surface area contributed by atoms with Gasteiger partial charge in [0.15, 0.2) is 0 Å². The van der Waals surface area contributed by atoms with Gasteiger partial charge in [-0.25, -0.2) is 4.98 Å². The third-order valence-corrected chi connectivity index (χ3v) is 2.09. The molecule has 0 aliphatic carbocycles. The quantitative estimate of drug-likeness (QED) is 0.751. The molecule has 1 aromatic carbocycles. The van der Waals surface area contributed by atoms with Crippen molar-refractivity contribution in [3.63, 3.8) is 0 Å². The zero-order valence-electron chi connectivity index (χ0n) is 9.10. The molecule has 0 aliphatic rings. The number of aromatic nitrogens is 2. The van der Waals surface area contributed by atoms with Crippen LogP contribution in [0.15, 0.2) is 42.9 Å². The van der Waals surface area contributed by atoms with Gasteiger partial charge in [0.2, 0.25) is 0 Å².